The summed E-state index contributed by atoms with van der Waals surface area (Å²) >= 11 is 0. The number of aliphatic hydroxyl groups is 1. The highest BCUT2D eigenvalue weighted by atomic mass is 28.4. The average Bonchev–Trinajstić information content (AvgIpc) is 3.25. The second-order valence-corrected chi connectivity index (χ2v) is 21.7. The van der Waals surface area contributed by atoms with E-state index in [1.54, 1.807) is 21.3 Å². The lowest BCUT2D eigenvalue weighted by molar-refractivity contribution is -0.955. The second-order valence-electron chi connectivity index (χ2n) is 18.6. The molecule has 2 unspecified atom stereocenters. The third-order valence-electron chi connectivity index (χ3n) is 13.0. The molecule has 0 saturated heterocycles. The van der Waals surface area contributed by atoms with Crippen LogP contribution in [0.5, 0.6) is 5.75 Å². The lowest BCUT2D eigenvalue weighted by Crippen LogP contribution is -2.53. The SMILES string of the molecule is CCCCCCCCCCCC[N+](C)(CCC)CC[N+](C)(C)CCCCCCCOc1ccc(C(O)(CCCCCCCC[Si](OC)(OC)OC)c2ccccc2)cc1. The summed E-state index contributed by atoms with van der Waals surface area (Å²) in [5.41, 5.74) is 0.860. The van der Waals surface area contributed by atoms with E-state index >= 15 is 0 Å². The van der Waals surface area contributed by atoms with Crippen molar-refractivity contribution in [2.45, 2.75) is 173 Å². The van der Waals surface area contributed by atoms with Gasteiger partial charge in [0.2, 0.25) is 0 Å². The van der Waals surface area contributed by atoms with Gasteiger partial charge in [-0.2, -0.15) is 0 Å². The van der Waals surface area contributed by atoms with Crippen LogP contribution in [-0.4, -0.2) is 105 Å². The predicted molar refractivity (Wildman–Crippen MR) is 253 cm³/mol. The van der Waals surface area contributed by atoms with Gasteiger partial charge in [0.25, 0.3) is 0 Å². The van der Waals surface area contributed by atoms with Gasteiger partial charge in [-0.3, -0.25) is 0 Å². The molecule has 2 atom stereocenters. The molecule has 0 bridgehead atoms. The molecule has 0 spiro atoms. The van der Waals surface area contributed by atoms with Crippen LogP contribution in [0.4, 0.5) is 0 Å². The topological polar surface area (TPSA) is 57.2 Å². The van der Waals surface area contributed by atoms with Crippen molar-refractivity contribution in [1.29, 1.82) is 0 Å². The molecule has 8 heteroatoms. The van der Waals surface area contributed by atoms with Gasteiger partial charge in [-0.25, -0.2) is 0 Å². The molecule has 2 rings (SSSR count). The van der Waals surface area contributed by atoms with Gasteiger partial charge in [-0.05, 0) is 81.0 Å². The van der Waals surface area contributed by atoms with E-state index < -0.39 is 14.4 Å². The first kappa shape index (κ1) is 53.4. The number of rotatable bonds is 39. The predicted octanol–water partition coefficient (Wildman–Crippen LogP) is 12.7. The first-order valence-corrected chi connectivity index (χ1v) is 26.3. The summed E-state index contributed by atoms with van der Waals surface area (Å²) < 4.78 is 25.2. The maximum absolute atomic E-state index is 12.1. The molecule has 59 heavy (non-hydrogen) atoms. The standard InChI is InChI=1S/C51H94N2O5Si/c1-9-11-12-13-14-15-16-18-23-31-43-53(5,41-10-2)45-44-52(3,4)42-30-22-20-24-32-46-58-50-38-36-49(37-39-50)51(54,48-34-27-26-28-35-48)40-29-21-17-19-25-33-47-59(55-6,56-7)57-8/h26-28,34-39,54H,9-25,29-33,40-47H2,1-8H3/q+2. The van der Waals surface area contributed by atoms with E-state index in [1.807, 2.05) is 42.5 Å². The minimum atomic E-state index is -2.48. The highest BCUT2D eigenvalue weighted by Crippen LogP contribution is 2.36. The van der Waals surface area contributed by atoms with Crippen molar-refractivity contribution >= 4 is 8.80 Å². The molecule has 0 fully saturated rings. The molecule has 1 N–H and O–H groups in total. The van der Waals surface area contributed by atoms with Gasteiger partial charge in [-0.1, -0.05) is 146 Å². The summed E-state index contributed by atoms with van der Waals surface area (Å²) in [4.78, 5) is 0. The number of hydrogen-bond acceptors (Lipinski definition) is 5. The van der Waals surface area contributed by atoms with Crippen LogP contribution in [-0.2, 0) is 18.9 Å². The van der Waals surface area contributed by atoms with Crippen LogP contribution in [0.2, 0.25) is 6.04 Å². The summed E-state index contributed by atoms with van der Waals surface area (Å²) in [7, 11) is 9.97. The van der Waals surface area contributed by atoms with E-state index in [0.29, 0.717) is 6.42 Å². The molecular formula is C51H94N2O5Si+2. The van der Waals surface area contributed by atoms with Gasteiger partial charge in [0.1, 0.15) is 24.4 Å². The van der Waals surface area contributed by atoms with Crippen LogP contribution >= 0.6 is 0 Å². The van der Waals surface area contributed by atoms with E-state index in [2.05, 4.69) is 47.1 Å². The van der Waals surface area contributed by atoms with Crippen LogP contribution in [0.25, 0.3) is 0 Å². The third kappa shape index (κ3) is 22.2. The summed E-state index contributed by atoms with van der Waals surface area (Å²) in [5.74, 6) is 0.882. The number of hydrogen-bond donors (Lipinski definition) is 1. The number of ether oxygens (including phenoxy) is 1. The molecule has 0 amide bonds. The van der Waals surface area contributed by atoms with Gasteiger partial charge < -0.3 is 32.1 Å². The van der Waals surface area contributed by atoms with E-state index in [9.17, 15) is 5.11 Å². The van der Waals surface area contributed by atoms with Gasteiger partial charge in [0.15, 0.2) is 0 Å². The lowest BCUT2D eigenvalue weighted by atomic mass is 9.82. The summed E-state index contributed by atoms with van der Waals surface area (Å²) in [6, 6.07) is 19.2. The maximum Gasteiger partial charge on any atom is 0.500 e. The minimum Gasteiger partial charge on any atom is -0.494 e. The fraction of sp³-hybridized carbons (Fsp3) is 0.765. The minimum absolute atomic E-state index is 0.692. The van der Waals surface area contributed by atoms with Crippen molar-refractivity contribution in [3.8, 4) is 5.75 Å². The van der Waals surface area contributed by atoms with Crippen molar-refractivity contribution in [2.75, 3.05) is 81.8 Å². The first-order valence-electron chi connectivity index (χ1n) is 24.3. The van der Waals surface area contributed by atoms with Crippen LogP contribution < -0.4 is 4.74 Å². The second kappa shape index (κ2) is 31.1. The molecule has 0 aliphatic heterocycles. The number of benzene rings is 2. The van der Waals surface area contributed by atoms with E-state index in [1.165, 1.54) is 134 Å². The van der Waals surface area contributed by atoms with Crippen molar-refractivity contribution in [2.24, 2.45) is 0 Å². The van der Waals surface area contributed by atoms with Gasteiger partial charge in [0.05, 0.1) is 47.4 Å². The van der Waals surface area contributed by atoms with Gasteiger partial charge >= 0.3 is 8.80 Å². The van der Waals surface area contributed by atoms with Crippen LogP contribution in [0.15, 0.2) is 54.6 Å². The zero-order valence-corrected chi connectivity index (χ0v) is 40.9. The largest absolute Gasteiger partial charge is 0.500 e. The normalized spacial score (nSPS) is 14.3. The van der Waals surface area contributed by atoms with Crippen LogP contribution in [0.1, 0.15) is 173 Å². The molecule has 0 heterocycles. The Labute approximate surface area is 366 Å². The number of likely N-dealkylation sites (N-methyl/N-ethyl adjacent to an activating group) is 2. The van der Waals surface area contributed by atoms with Crippen molar-refractivity contribution < 1.29 is 32.1 Å². The molecule has 2 aromatic carbocycles. The maximum atomic E-state index is 12.1. The van der Waals surface area contributed by atoms with E-state index in [-0.39, 0.29) is 0 Å². The Bertz CT molecular complexity index is 1270. The molecular weight excluding hydrogens is 749 g/mol. The molecule has 0 aromatic heterocycles. The number of quaternary nitrogens is 2. The Morgan fingerprint density at radius 2 is 0.983 bits per heavy atom. The fourth-order valence-corrected chi connectivity index (χ4v) is 10.6. The number of unbranched alkanes of at least 4 members (excludes halogenated alkanes) is 18. The molecule has 0 aliphatic carbocycles. The zero-order valence-electron chi connectivity index (χ0n) is 39.9. The van der Waals surface area contributed by atoms with Crippen molar-refractivity contribution in [3.63, 3.8) is 0 Å². The quantitative estimate of drug-likeness (QED) is 0.0413. The molecule has 2 aromatic rings. The highest BCUT2D eigenvalue weighted by Gasteiger charge is 2.37. The number of nitrogens with zero attached hydrogens (tertiary/aromatic N) is 2. The van der Waals surface area contributed by atoms with Crippen molar-refractivity contribution in [3.05, 3.63) is 65.7 Å². The zero-order chi connectivity index (χ0) is 43.1. The third-order valence-corrected chi connectivity index (χ3v) is 15.9. The summed E-state index contributed by atoms with van der Waals surface area (Å²) in [6.45, 7) is 11.9. The van der Waals surface area contributed by atoms with Crippen molar-refractivity contribution in [1.82, 2.24) is 0 Å². The Morgan fingerprint density at radius 3 is 1.54 bits per heavy atom. The van der Waals surface area contributed by atoms with Crippen LogP contribution in [0.3, 0.4) is 0 Å². The van der Waals surface area contributed by atoms with Gasteiger partial charge in [-0.15, -0.1) is 0 Å². The Kier molecular flexibility index (Phi) is 28.1. The average molecular weight is 843 g/mol. The Hall–Kier alpha value is -1.78. The Balaban J connectivity index is 1.66. The molecule has 0 aliphatic rings. The monoisotopic (exact) mass is 843 g/mol. The Morgan fingerprint density at radius 1 is 0.492 bits per heavy atom. The molecule has 7 nitrogen and oxygen atoms in total. The molecule has 0 radical (unpaired) electrons. The smallest absolute Gasteiger partial charge is 0.494 e. The van der Waals surface area contributed by atoms with Gasteiger partial charge in [0, 0.05) is 27.4 Å². The molecule has 0 saturated carbocycles. The summed E-state index contributed by atoms with van der Waals surface area (Å²) in [5, 5.41) is 12.1. The fourth-order valence-electron chi connectivity index (χ4n) is 8.82. The summed E-state index contributed by atoms with van der Waals surface area (Å²) in [6.07, 6.45) is 28.8. The van der Waals surface area contributed by atoms with E-state index in [4.69, 9.17) is 18.0 Å². The lowest BCUT2D eigenvalue weighted by Gasteiger charge is -2.38. The van der Waals surface area contributed by atoms with Crippen LogP contribution in [0, 0.1) is 0 Å². The highest BCUT2D eigenvalue weighted by molar-refractivity contribution is 6.60. The molecule has 340 valence electrons. The first-order chi connectivity index (χ1) is 28.5. The van der Waals surface area contributed by atoms with E-state index in [0.717, 1.165) is 79.0 Å².